The standard InChI is InChI=1S/C27H30F6N2O4S/c1-16-5-10-20(11-6-16)40(39)35-19(15-23(37)34-24(2)13-3-4-22(24)36)9-7-17-14-18(8-12-21(17)35)25(38,26(28,29)30)27(31,32)33/h5-6,8,10-12,14,19,22,36,38H,3-4,7,9,13,15H2,1-2H3,(H,34,37)/t19-,22+,24+,40?/m0/s1. The normalized spacial score (nSPS) is 24.5. The van der Waals surface area contributed by atoms with Gasteiger partial charge in [0, 0.05) is 12.0 Å². The summed E-state index contributed by atoms with van der Waals surface area (Å²) in [4.78, 5) is 13.4. The lowest BCUT2D eigenvalue weighted by Gasteiger charge is -2.39. The highest BCUT2D eigenvalue weighted by molar-refractivity contribution is 7.86. The molecule has 0 spiro atoms. The average Bonchev–Trinajstić information content (AvgIpc) is 3.18. The van der Waals surface area contributed by atoms with Crippen LogP contribution in [0.1, 0.15) is 55.7 Å². The van der Waals surface area contributed by atoms with Crippen molar-refractivity contribution in [3.05, 3.63) is 59.2 Å². The zero-order valence-electron chi connectivity index (χ0n) is 21.8. The van der Waals surface area contributed by atoms with Gasteiger partial charge in [0.15, 0.2) is 11.0 Å². The number of nitrogens with zero attached hydrogens (tertiary/aromatic N) is 1. The molecule has 0 radical (unpaired) electrons. The zero-order valence-corrected chi connectivity index (χ0v) is 22.6. The number of alkyl halides is 6. The molecule has 1 aliphatic carbocycles. The third-order valence-corrected chi connectivity index (χ3v) is 9.32. The predicted molar refractivity (Wildman–Crippen MR) is 136 cm³/mol. The molecule has 0 bridgehead atoms. The molecular weight excluding hydrogens is 562 g/mol. The fourth-order valence-electron chi connectivity index (χ4n) is 5.40. The van der Waals surface area contributed by atoms with E-state index in [0.29, 0.717) is 29.9 Å². The summed E-state index contributed by atoms with van der Waals surface area (Å²) in [6.07, 6.45) is -11.1. The number of nitrogens with one attached hydrogen (secondary N) is 1. The summed E-state index contributed by atoms with van der Waals surface area (Å²) in [5.41, 5.74) is -6.32. The quantitative estimate of drug-likeness (QED) is 0.414. The zero-order chi connectivity index (χ0) is 29.7. The van der Waals surface area contributed by atoms with Crippen molar-refractivity contribution in [1.29, 1.82) is 0 Å². The number of halogens is 6. The molecule has 1 unspecified atom stereocenters. The molecule has 1 aliphatic heterocycles. The van der Waals surface area contributed by atoms with Gasteiger partial charge in [-0.2, -0.15) is 26.3 Å². The van der Waals surface area contributed by atoms with Crippen molar-refractivity contribution in [2.45, 2.75) is 92.9 Å². The summed E-state index contributed by atoms with van der Waals surface area (Å²) in [7, 11) is -1.97. The van der Waals surface area contributed by atoms with E-state index in [1.54, 1.807) is 31.2 Å². The van der Waals surface area contributed by atoms with E-state index >= 15 is 0 Å². The van der Waals surface area contributed by atoms with Crippen LogP contribution in [-0.4, -0.2) is 50.4 Å². The fourth-order valence-corrected chi connectivity index (χ4v) is 6.81. The van der Waals surface area contributed by atoms with Crippen LogP contribution < -0.4 is 9.62 Å². The third kappa shape index (κ3) is 5.47. The second-order valence-electron chi connectivity index (χ2n) is 10.7. The van der Waals surface area contributed by atoms with E-state index in [2.05, 4.69) is 5.32 Å². The van der Waals surface area contributed by atoms with Gasteiger partial charge in [0.25, 0.3) is 5.60 Å². The Hall–Kier alpha value is -2.64. The molecule has 13 heteroatoms. The molecule has 2 aliphatic rings. The van der Waals surface area contributed by atoms with Crippen LogP contribution in [0.25, 0.3) is 0 Å². The van der Waals surface area contributed by atoms with Crippen LogP contribution in [0.5, 0.6) is 0 Å². The monoisotopic (exact) mass is 592 g/mol. The van der Waals surface area contributed by atoms with Gasteiger partial charge in [-0.3, -0.25) is 9.10 Å². The van der Waals surface area contributed by atoms with Crippen LogP contribution in [0.2, 0.25) is 0 Å². The average molecular weight is 593 g/mol. The molecule has 0 saturated heterocycles. The van der Waals surface area contributed by atoms with E-state index in [9.17, 15) is 45.6 Å². The summed E-state index contributed by atoms with van der Waals surface area (Å²) >= 11 is 0. The molecule has 1 amide bonds. The lowest BCUT2D eigenvalue weighted by atomic mass is 9.87. The molecule has 1 saturated carbocycles. The molecule has 2 aromatic rings. The molecule has 3 N–H and O–H groups in total. The smallest absolute Gasteiger partial charge is 0.391 e. The van der Waals surface area contributed by atoms with Crippen LogP contribution >= 0.6 is 0 Å². The molecule has 2 aromatic carbocycles. The number of amides is 1. The summed E-state index contributed by atoms with van der Waals surface area (Å²) in [5, 5.41) is 23.0. The van der Waals surface area contributed by atoms with Crippen molar-refractivity contribution >= 4 is 22.6 Å². The predicted octanol–water partition coefficient (Wildman–Crippen LogP) is 4.96. The highest BCUT2D eigenvalue weighted by Crippen LogP contribution is 2.51. The summed E-state index contributed by atoms with van der Waals surface area (Å²) in [6, 6.07) is 8.02. The number of rotatable bonds is 6. The third-order valence-electron chi connectivity index (χ3n) is 7.79. The number of hydrogen-bond donors (Lipinski definition) is 3. The van der Waals surface area contributed by atoms with E-state index < -0.39 is 58.1 Å². The van der Waals surface area contributed by atoms with Gasteiger partial charge in [0.05, 0.1) is 28.3 Å². The largest absolute Gasteiger partial charge is 0.430 e. The number of aliphatic hydroxyl groups is 2. The van der Waals surface area contributed by atoms with Crippen molar-refractivity contribution < 1.29 is 45.6 Å². The van der Waals surface area contributed by atoms with Gasteiger partial charge in [-0.25, -0.2) is 4.21 Å². The van der Waals surface area contributed by atoms with Gasteiger partial charge in [-0.15, -0.1) is 0 Å². The Bertz CT molecular complexity index is 1270. The SMILES string of the molecule is Cc1ccc(S(=O)N2c3ccc(C(O)(C(F)(F)F)C(F)(F)F)cc3CC[C@H]2CC(=O)N[C@]2(C)CCC[C@H]2O)cc1. The lowest BCUT2D eigenvalue weighted by Crippen LogP contribution is -2.54. The van der Waals surface area contributed by atoms with Crippen molar-refractivity contribution in [2.75, 3.05) is 4.31 Å². The molecule has 6 nitrogen and oxygen atoms in total. The molecule has 4 rings (SSSR count). The Labute approximate surface area is 230 Å². The second kappa shape index (κ2) is 10.6. The van der Waals surface area contributed by atoms with Crippen molar-refractivity contribution in [1.82, 2.24) is 5.32 Å². The summed E-state index contributed by atoms with van der Waals surface area (Å²) < 4.78 is 96.2. The van der Waals surface area contributed by atoms with Crippen LogP contribution in [0.3, 0.4) is 0 Å². The van der Waals surface area contributed by atoms with Gasteiger partial charge < -0.3 is 15.5 Å². The van der Waals surface area contributed by atoms with E-state index in [-0.39, 0.29) is 30.5 Å². The Morgan fingerprint density at radius 3 is 2.25 bits per heavy atom. The van der Waals surface area contributed by atoms with E-state index in [4.69, 9.17) is 0 Å². The fraction of sp³-hybridized carbons (Fsp3) is 0.519. The summed E-state index contributed by atoms with van der Waals surface area (Å²) in [6.45, 7) is 3.54. The van der Waals surface area contributed by atoms with Gasteiger partial charge in [0.2, 0.25) is 5.91 Å². The minimum atomic E-state index is -6.04. The topological polar surface area (TPSA) is 89.9 Å². The number of benzene rings is 2. The van der Waals surface area contributed by atoms with Crippen LogP contribution in [0, 0.1) is 6.92 Å². The van der Waals surface area contributed by atoms with E-state index in [0.717, 1.165) is 18.1 Å². The maximum absolute atomic E-state index is 13.8. The number of carbonyl (C=O) groups is 1. The van der Waals surface area contributed by atoms with E-state index in [1.807, 2.05) is 6.92 Å². The maximum Gasteiger partial charge on any atom is 0.430 e. The number of aliphatic hydroxyl groups excluding tert-OH is 1. The molecule has 0 aromatic heterocycles. The highest BCUT2D eigenvalue weighted by Gasteiger charge is 2.71. The summed E-state index contributed by atoms with van der Waals surface area (Å²) in [5.74, 6) is -0.428. The number of anilines is 1. The number of carbonyl (C=O) groups excluding carboxylic acids is 1. The minimum absolute atomic E-state index is 0.0194. The van der Waals surface area contributed by atoms with Crippen molar-refractivity contribution in [3.8, 4) is 0 Å². The lowest BCUT2D eigenvalue weighted by molar-refractivity contribution is -0.376. The Morgan fingerprint density at radius 1 is 1.07 bits per heavy atom. The Kier molecular flexibility index (Phi) is 8.07. The minimum Gasteiger partial charge on any atom is -0.391 e. The van der Waals surface area contributed by atoms with Crippen LogP contribution in [-0.2, 0) is 27.8 Å². The van der Waals surface area contributed by atoms with Crippen LogP contribution in [0.15, 0.2) is 47.4 Å². The molecule has 1 fully saturated rings. The second-order valence-corrected chi connectivity index (χ2v) is 12.1. The van der Waals surface area contributed by atoms with Crippen molar-refractivity contribution in [2.24, 2.45) is 0 Å². The van der Waals surface area contributed by atoms with Gasteiger partial charge in [-0.1, -0.05) is 29.8 Å². The maximum atomic E-state index is 13.8. The highest BCUT2D eigenvalue weighted by atomic mass is 32.2. The first-order valence-electron chi connectivity index (χ1n) is 12.7. The first kappa shape index (κ1) is 30.3. The number of hydrogen-bond acceptors (Lipinski definition) is 4. The molecule has 1 heterocycles. The number of aryl methyl sites for hydroxylation is 2. The van der Waals surface area contributed by atoms with Crippen LogP contribution in [0.4, 0.5) is 32.0 Å². The molecule has 40 heavy (non-hydrogen) atoms. The van der Waals surface area contributed by atoms with Gasteiger partial charge in [0.1, 0.15) is 0 Å². The van der Waals surface area contributed by atoms with Gasteiger partial charge >= 0.3 is 12.4 Å². The molecule has 220 valence electrons. The molecular formula is C27H30F6N2O4S. The first-order valence-corrected chi connectivity index (χ1v) is 13.8. The van der Waals surface area contributed by atoms with Crippen molar-refractivity contribution in [3.63, 3.8) is 0 Å². The molecule has 4 atom stereocenters. The first-order chi connectivity index (χ1) is 18.5. The Morgan fingerprint density at radius 2 is 1.70 bits per heavy atom. The Balaban J connectivity index is 1.72. The van der Waals surface area contributed by atoms with E-state index in [1.165, 1.54) is 4.31 Å². The van der Waals surface area contributed by atoms with Gasteiger partial charge in [-0.05, 0) is 69.7 Å². The number of fused-ring (bicyclic) bond motifs is 1.